The predicted octanol–water partition coefficient (Wildman–Crippen LogP) is 2.95. The number of para-hydroxylation sites is 1. The van der Waals surface area contributed by atoms with Crippen LogP contribution in [0, 0.1) is 10.1 Å². The zero-order valence-corrected chi connectivity index (χ0v) is 12.9. The highest BCUT2D eigenvalue weighted by Gasteiger charge is 2.19. The van der Waals surface area contributed by atoms with Gasteiger partial charge in [-0.3, -0.25) is 10.1 Å². The summed E-state index contributed by atoms with van der Waals surface area (Å²) in [5, 5.41) is 14.5. The largest absolute Gasteiger partial charge is 0.310 e. The van der Waals surface area contributed by atoms with E-state index in [0.29, 0.717) is 18.6 Å². The third kappa shape index (κ3) is 4.51. The number of hydrogen-bond acceptors (Lipinski definition) is 4. The monoisotopic (exact) mass is 291 g/mol. The minimum Gasteiger partial charge on any atom is -0.310 e. The van der Waals surface area contributed by atoms with Crippen LogP contribution < -0.4 is 5.32 Å². The topological polar surface area (TPSA) is 58.4 Å². The average molecular weight is 291 g/mol. The van der Waals surface area contributed by atoms with Crippen LogP contribution in [0.1, 0.15) is 38.7 Å². The molecule has 1 N–H and O–H groups in total. The molecule has 5 heteroatoms. The van der Waals surface area contributed by atoms with E-state index in [-0.39, 0.29) is 10.6 Å². The fraction of sp³-hybridized carbons (Fsp3) is 0.625. The maximum Gasteiger partial charge on any atom is 0.273 e. The standard InChI is InChI=1S/C16H25N3O2/c1-13(2)18-10-5-7-15(9-11-18)17-12-14-6-3-4-8-16(14)19(20)21/h3-4,6,8,13,15,17H,5,7,9-12H2,1-2H3. The predicted molar refractivity (Wildman–Crippen MR) is 84.3 cm³/mol. The van der Waals surface area contributed by atoms with Crippen molar-refractivity contribution in [3.05, 3.63) is 39.9 Å². The molecule has 0 bridgehead atoms. The highest BCUT2D eigenvalue weighted by atomic mass is 16.6. The molecule has 1 atom stereocenters. The second-order valence-electron chi connectivity index (χ2n) is 6.02. The Kier molecular flexibility index (Phi) is 5.70. The summed E-state index contributed by atoms with van der Waals surface area (Å²) in [5.74, 6) is 0. The lowest BCUT2D eigenvalue weighted by Gasteiger charge is -2.24. The van der Waals surface area contributed by atoms with Gasteiger partial charge in [-0.05, 0) is 46.2 Å². The summed E-state index contributed by atoms with van der Waals surface area (Å²) in [5.41, 5.74) is 0.981. The first-order valence-corrected chi connectivity index (χ1v) is 7.77. The minimum absolute atomic E-state index is 0.211. The van der Waals surface area contributed by atoms with E-state index >= 15 is 0 Å². The van der Waals surface area contributed by atoms with Crippen molar-refractivity contribution >= 4 is 5.69 Å². The van der Waals surface area contributed by atoms with Gasteiger partial charge in [0.1, 0.15) is 0 Å². The molecule has 5 nitrogen and oxygen atoms in total. The maximum atomic E-state index is 11.0. The Morgan fingerprint density at radius 2 is 2.10 bits per heavy atom. The molecule has 0 amide bonds. The van der Waals surface area contributed by atoms with Gasteiger partial charge in [0.15, 0.2) is 0 Å². The van der Waals surface area contributed by atoms with Gasteiger partial charge in [0.05, 0.1) is 4.92 Å². The van der Waals surface area contributed by atoms with Crippen molar-refractivity contribution in [2.45, 2.75) is 51.7 Å². The molecular weight excluding hydrogens is 266 g/mol. The van der Waals surface area contributed by atoms with Gasteiger partial charge >= 0.3 is 0 Å². The summed E-state index contributed by atoms with van der Waals surface area (Å²) < 4.78 is 0. The lowest BCUT2D eigenvalue weighted by atomic mass is 10.1. The second-order valence-corrected chi connectivity index (χ2v) is 6.02. The maximum absolute atomic E-state index is 11.0. The van der Waals surface area contributed by atoms with Crippen molar-refractivity contribution in [2.24, 2.45) is 0 Å². The van der Waals surface area contributed by atoms with E-state index in [1.54, 1.807) is 12.1 Å². The van der Waals surface area contributed by atoms with Gasteiger partial charge in [0.2, 0.25) is 0 Å². The summed E-state index contributed by atoms with van der Waals surface area (Å²) in [6, 6.07) is 8.03. The number of nitro groups is 1. The van der Waals surface area contributed by atoms with Crippen molar-refractivity contribution in [3.8, 4) is 0 Å². The molecular formula is C16H25N3O2. The van der Waals surface area contributed by atoms with Crippen LogP contribution in [0.4, 0.5) is 5.69 Å². The average Bonchev–Trinajstić information content (AvgIpc) is 2.71. The molecule has 1 unspecified atom stereocenters. The Balaban J connectivity index is 1.90. The molecule has 1 aromatic carbocycles. The normalized spacial score (nSPS) is 20.4. The highest BCUT2D eigenvalue weighted by Crippen LogP contribution is 2.19. The van der Waals surface area contributed by atoms with E-state index in [2.05, 4.69) is 24.1 Å². The number of nitrogens with zero attached hydrogens (tertiary/aromatic N) is 2. The second kappa shape index (κ2) is 7.52. The van der Waals surface area contributed by atoms with Crippen LogP contribution in [-0.4, -0.2) is 35.0 Å². The lowest BCUT2D eigenvalue weighted by molar-refractivity contribution is -0.385. The summed E-state index contributed by atoms with van der Waals surface area (Å²) in [7, 11) is 0. The van der Waals surface area contributed by atoms with E-state index in [0.717, 1.165) is 31.5 Å². The SMILES string of the molecule is CC(C)N1CCCC(NCc2ccccc2[N+](=O)[O-])CC1. The summed E-state index contributed by atoms with van der Waals surface area (Å²) in [6.45, 7) is 7.30. The number of nitro benzene ring substituents is 1. The molecule has 1 aliphatic rings. The molecule has 1 heterocycles. The molecule has 0 aliphatic carbocycles. The first-order chi connectivity index (χ1) is 10.1. The number of nitrogens with one attached hydrogen (secondary N) is 1. The number of benzene rings is 1. The van der Waals surface area contributed by atoms with Gasteiger partial charge in [-0.2, -0.15) is 0 Å². The van der Waals surface area contributed by atoms with Gasteiger partial charge in [0, 0.05) is 30.3 Å². The number of hydrogen-bond donors (Lipinski definition) is 1. The van der Waals surface area contributed by atoms with Crippen LogP contribution in [0.15, 0.2) is 24.3 Å². The lowest BCUT2D eigenvalue weighted by Crippen LogP contribution is -2.33. The molecule has 1 fully saturated rings. The van der Waals surface area contributed by atoms with Crippen molar-refractivity contribution < 1.29 is 4.92 Å². The first kappa shape index (κ1) is 15.9. The number of likely N-dealkylation sites (tertiary alicyclic amines) is 1. The van der Waals surface area contributed by atoms with E-state index in [1.165, 1.54) is 6.42 Å². The smallest absolute Gasteiger partial charge is 0.273 e. The minimum atomic E-state index is -0.301. The molecule has 2 rings (SSSR count). The van der Waals surface area contributed by atoms with Crippen molar-refractivity contribution in [2.75, 3.05) is 13.1 Å². The van der Waals surface area contributed by atoms with Gasteiger partial charge in [-0.1, -0.05) is 18.2 Å². The van der Waals surface area contributed by atoms with Crippen molar-refractivity contribution in [3.63, 3.8) is 0 Å². The van der Waals surface area contributed by atoms with Crippen LogP contribution in [0.5, 0.6) is 0 Å². The van der Waals surface area contributed by atoms with Crippen LogP contribution in [0.3, 0.4) is 0 Å². The molecule has 21 heavy (non-hydrogen) atoms. The van der Waals surface area contributed by atoms with Gasteiger partial charge in [-0.15, -0.1) is 0 Å². The molecule has 1 aromatic rings. The Morgan fingerprint density at radius 1 is 1.33 bits per heavy atom. The summed E-state index contributed by atoms with van der Waals surface area (Å²) in [4.78, 5) is 13.2. The van der Waals surface area contributed by atoms with Crippen LogP contribution in [-0.2, 0) is 6.54 Å². The van der Waals surface area contributed by atoms with Crippen LogP contribution in [0.2, 0.25) is 0 Å². The molecule has 0 spiro atoms. The van der Waals surface area contributed by atoms with E-state index < -0.39 is 0 Å². The number of rotatable bonds is 5. The van der Waals surface area contributed by atoms with Gasteiger partial charge in [-0.25, -0.2) is 0 Å². The van der Waals surface area contributed by atoms with Gasteiger partial charge < -0.3 is 10.2 Å². The van der Waals surface area contributed by atoms with Gasteiger partial charge in [0.25, 0.3) is 5.69 Å². The summed E-state index contributed by atoms with van der Waals surface area (Å²) in [6.07, 6.45) is 3.44. The Labute approximate surface area is 126 Å². The third-order valence-electron chi connectivity index (χ3n) is 4.26. The van der Waals surface area contributed by atoms with Crippen molar-refractivity contribution in [1.82, 2.24) is 10.2 Å². The molecule has 0 saturated carbocycles. The zero-order chi connectivity index (χ0) is 15.2. The van der Waals surface area contributed by atoms with E-state index in [1.807, 2.05) is 12.1 Å². The van der Waals surface area contributed by atoms with E-state index in [9.17, 15) is 10.1 Å². The van der Waals surface area contributed by atoms with Crippen LogP contribution >= 0.6 is 0 Å². The fourth-order valence-electron chi connectivity index (χ4n) is 2.93. The zero-order valence-electron chi connectivity index (χ0n) is 12.9. The fourth-order valence-corrected chi connectivity index (χ4v) is 2.93. The Morgan fingerprint density at radius 3 is 2.81 bits per heavy atom. The first-order valence-electron chi connectivity index (χ1n) is 7.77. The molecule has 116 valence electrons. The quantitative estimate of drug-likeness (QED) is 0.669. The van der Waals surface area contributed by atoms with Crippen molar-refractivity contribution in [1.29, 1.82) is 0 Å². The molecule has 1 saturated heterocycles. The van der Waals surface area contributed by atoms with Crippen LogP contribution in [0.25, 0.3) is 0 Å². The third-order valence-corrected chi connectivity index (χ3v) is 4.26. The molecule has 0 radical (unpaired) electrons. The highest BCUT2D eigenvalue weighted by molar-refractivity contribution is 5.39. The summed E-state index contributed by atoms with van der Waals surface area (Å²) >= 11 is 0. The molecule has 0 aromatic heterocycles. The van der Waals surface area contributed by atoms with E-state index in [4.69, 9.17) is 0 Å². The Bertz CT molecular complexity index is 476. The Hall–Kier alpha value is -1.46. The molecule has 1 aliphatic heterocycles.